The summed E-state index contributed by atoms with van der Waals surface area (Å²) in [6.07, 6.45) is -2.54. The van der Waals surface area contributed by atoms with Crippen molar-refractivity contribution < 1.29 is 32.4 Å². The predicted octanol–water partition coefficient (Wildman–Crippen LogP) is 0.720. The number of hydrogen-bond acceptors (Lipinski definition) is 9. The van der Waals surface area contributed by atoms with Gasteiger partial charge in [-0.15, -0.1) is 0 Å². The molecule has 5 atom stereocenters. The van der Waals surface area contributed by atoms with Crippen molar-refractivity contribution in [3.63, 3.8) is 0 Å². The Bertz CT molecular complexity index is 785. The first-order valence-corrected chi connectivity index (χ1v) is 8.98. The minimum Gasteiger partial charge on any atom is -0.383 e. The number of nitrogens with two attached hydrogens (primary N) is 1. The molecule has 2 aliphatic heterocycles. The SMILES string of the molecule is CC(C)OP1(=O)OC[C@@]2(F)O[C@@H](n3ccc(N)nc3=O)[C@](C)(O)[C@@H]2O1. The molecule has 12 heteroatoms. The van der Waals surface area contributed by atoms with Crippen LogP contribution in [-0.4, -0.2) is 44.9 Å². The molecule has 2 aliphatic rings. The number of nitrogens with zero attached hydrogens (tertiary/aromatic N) is 2. The maximum Gasteiger partial charge on any atom is 0.475 e. The van der Waals surface area contributed by atoms with Crippen LogP contribution in [0.2, 0.25) is 0 Å². The van der Waals surface area contributed by atoms with Crippen molar-refractivity contribution in [3.05, 3.63) is 22.7 Å². The largest absolute Gasteiger partial charge is 0.475 e. The van der Waals surface area contributed by atoms with Gasteiger partial charge >= 0.3 is 13.5 Å². The van der Waals surface area contributed by atoms with Gasteiger partial charge in [-0.1, -0.05) is 0 Å². The van der Waals surface area contributed by atoms with Crippen LogP contribution < -0.4 is 11.4 Å². The summed E-state index contributed by atoms with van der Waals surface area (Å²) in [7, 11) is -4.10. The zero-order chi connectivity index (χ0) is 18.6. The van der Waals surface area contributed by atoms with Crippen molar-refractivity contribution in [2.45, 2.75) is 50.7 Å². The lowest BCUT2D eigenvalue weighted by molar-refractivity contribution is -0.221. The number of halogens is 1. The number of aliphatic hydroxyl groups is 1. The molecular formula is C13H19FN3O7P. The molecule has 0 aromatic carbocycles. The molecule has 25 heavy (non-hydrogen) atoms. The Labute approximate surface area is 142 Å². The van der Waals surface area contributed by atoms with E-state index in [4.69, 9.17) is 24.0 Å². The molecule has 3 rings (SSSR count). The van der Waals surface area contributed by atoms with E-state index in [2.05, 4.69) is 4.98 Å². The van der Waals surface area contributed by atoms with Crippen molar-refractivity contribution in [2.75, 3.05) is 12.3 Å². The molecular weight excluding hydrogens is 360 g/mol. The maximum atomic E-state index is 15.1. The van der Waals surface area contributed by atoms with Gasteiger partial charge in [0.15, 0.2) is 12.3 Å². The standard InChI is InChI=1S/C13H19FN3O7P/c1-7(2)23-25(20)21-6-13(14)9(24-25)12(3,19)10(22-13)17-5-4-8(15)16-11(17)18/h4-5,7,9-10,19H,6H2,1-3H3,(H2,15,16,18)/t9-,10+,12+,13+,25?/m0/s1. The minimum absolute atomic E-state index is 0.0410. The molecule has 1 aromatic heterocycles. The van der Waals surface area contributed by atoms with Gasteiger partial charge in [0.25, 0.3) is 5.85 Å². The van der Waals surface area contributed by atoms with Gasteiger partial charge < -0.3 is 15.6 Å². The van der Waals surface area contributed by atoms with Crippen molar-refractivity contribution in [3.8, 4) is 0 Å². The average molecular weight is 379 g/mol. The third-order valence-corrected chi connectivity index (χ3v) is 5.42. The van der Waals surface area contributed by atoms with E-state index in [9.17, 15) is 14.5 Å². The van der Waals surface area contributed by atoms with E-state index in [1.807, 2.05) is 0 Å². The van der Waals surface area contributed by atoms with Crippen LogP contribution in [0, 0.1) is 0 Å². The zero-order valence-electron chi connectivity index (χ0n) is 13.8. The highest BCUT2D eigenvalue weighted by molar-refractivity contribution is 7.48. The molecule has 0 amide bonds. The van der Waals surface area contributed by atoms with E-state index < -0.39 is 50.0 Å². The summed E-state index contributed by atoms with van der Waals surface area (Å²) in [4.78, 5) is 15.5. The fourth-order valence-electron chi connectivity index (χ4n) is 2.81. The van der Waals surface area contributed by atoms with Crippen LogP contribution in [0.3, 0.4) is 0 Å². The molecule has 0 aliphatic carbocycles. The fourth-order valence-corrected chi connectivity index (χ4v) is 4.46. The van der Waals surface area contributed by atoms with Gasteiger partial charge in [-0.05, 0) is 26.8 Å². The highest BCUT2D eigenvalue weighted by Gasteiger charge is 2.69. The third-order valence-electron chi connectivity index (χ3n) is 3.83. The van der Waals surface area contributed by atoms with Crippen LogP contribution in [0.5, 0.6) is 0 Å². The molecule has 3 N–H and O–H groups in total. The maximum absolute atomic E-state index is 15.1. The zero-order valence-corrected chi connectivity index (χ0v) is 14.7. The Balaban J connectivity index is 1.97. The lowest BCUT2D eigenvalue weighted by Gasteiger charge is -2.37. The van der Waals surface area contributed by atoms with E-state index in [1.54, 1.807) is 13.8 Å². The molecule has 0 saturated carbocycles. The molecule has 1 unspecified atom stereocenters. The molecule has 10 nitrogen and oxygen atoms in total. The number of aromatic nitrogens is 2. The van der Waals surface area contributed by atoms with Crippen LogP contribution >= 0.6 is 7.82 Å². The number of alkyl halides is 1. The Hall–Kier alpha value is -1.36. The number of rotatable bonds is 3. The number of phosphoric ester groups is 1. The van der Waals surface area contributed by atoms with E-state index in [0.29, 0.717) is 0 Å². The van der Waals surface area contributed by atoms with E-state index in [0.717, 1.165) is 4.57 Å². The Morgan fingerprint density at radius 1 is 1.60 bits per heavy atom. The summed E-state index contributed by atoms with van der Waals surface area (Å²) < 4.78 is 48.8. The average Bonchev–Trinajstić information content (AvgIpc) is 2.67. The highest BCUT2D eigenvalue weighted by atomic mass is 31.2. The monoisotopic (exact) mass is 379 g/mol. The normalized spacial score (nSPS) is 41.0. The van der Waals surface area contributed by atoms with Gasteiger partial charge in [0.05, 0.1) is 6.10 Å². The fraction of sp³-hybridized carbons (Fsp3) is 0.692. The summed E-state index contributed by atoms with van der Waals surface area (Å²) in [6.45, 7) is 3.58. The number of ether oxygens (including phenoxy) is 1. The van der Waals surface area contributed by atoms with Gasteiger partial charge in [-0.2, -0.15) is 4.98 Å². The van der Waals surface area contributed by atoms with Crippen LogP contribution in [0.15, 0.2) is 17.1 Å². The van der Waals surface area contributed by atoms with Gasteiger partial charge in [0.1, 0.15) is 18.0 Å². The molecule has 0 radical (unpaired) electrons. The Morgan fingerprint density at radius 3 is 2.88 bits per heavy atom. The first-order valence-electron chi connectivity index (χ1n) is 7.52. The summed E-state index contributed by atoms with van der Waals surface area (Å²) in [5, 5.41) is 10.8. The van der Waals surface area contributed by atoms with Gasteiger partial charge in [0, 0.05) is 6.20 Å². The number of anilines is 1. The van der Waals surface area contributed by atoms with Crippen molar-refractivity contribution in [2.24, 2.45) is 0 Å². The molecule has 2 fully saturated rings. The molecule has 3 heterocycles. The quantitative estimate of drug-likeness (QED) is 0.728. The number of fused-ring (bicyclic) bond motifs is 1. The van der Waals surface area contributed by atoms with Gasteiger partial charge in [-0.3, -0.25) is 18.1 Å². The van der Waals surface area contributed by atoms with E-state index in [-0.39, 0.29) is 5.82 Å². The molecule has 0 bridgehead atoms. The lowest BCUT2D eigenvalue weighted by atomic mass is 9.95. The van der Waals surface area contributed by atoms with Crippen molar-refractivity contribution >= 4 is 13.6 Å². The smallest absolute Gasteiger partial charge is 0.383 e. The predicted molar refractivity (Wildman–Crippen MR) is 82.1 cm³/mol. The van der Waals surface area contributed by atoms with E-state index in [1.165, 1.54) is 19.2 Å². The first-order chi connectivity index (χ1) is 11.5. The second-order valence-electron chi connectivity index (χ2n) is 6.38. The molecule has 2 saturated heterocycles. The first kappa shape index (κ1) is 18.4. The molecule has 140 valence electrons. The van der Waals surface area contributed by atoms with Crippen LogP contribution in [0.4, 0.5) is 10.2 Å². The second kappa shape index (κ2) is 5.83. The van der Waals surface area contributed by atoms with Gasteiger partial charge in [0.2, 0.25) is 0 Å². The topological polar surface area (TPSA) is 135 Å². The molecule has 1 aromatic rings. The molecule has 0 spiro atoms. The summed E-state index contributed by atoms with van der Waals surface area (Å²) in [5.41, 5.74) is 2.49. The number of hydrogen-bond donors (Lipinski definition) is 2. The van der Waals surface area contributed by atoms with Crippen LogP contribution in [-0.2, 0) is 22.9 Å². The second-order valence-corrected chi connectivity index (χ2v) is 7.96. The minimum atomic E-state index is -4.10. The summed E-state index contributed by atoms with van der Waals surface area (Å²) >= 11 is 0. The summed E-state index contributed by atoms with van der Waals surface area (Å²) in [6, 6.07) is 1.29. The number of phosphoric acid groups is 1. The van der Waals surface area contributed by atoms with Gasteiger partial charge in [-0.25, -0.2) is 13.8 Å². The van der Waals surface area contributed by atoms with Crippen LogP contribution in [0.1, 0.15) is 27.0 Å². The highest BCUT2D eigenvalue weighted by Crippen LogP contribution is 2.62. The lowest BCUT2D eigenvalue weighted by Crippen LogP contribution is -2.53. The summed E-state index contributed by atoms with van der Waals surface area (Å²) in [5.74, 6) is -2.68. The Morgan fingerprint density at radius 2 is 2.28 bits per heavy atom. The van der Waals surface area contributed by atoms with E-state index >= 15 is 4.39 Å². The van der Waals surface area contributed by atoms with Crippen molar-refractivity contribution in [1.29, 1.82) is 0 Å². The number of nitrogen functional groups attached to an aromatic ring is 1. The van der Waals surface area contributed by atoms with Crippen molar-refractivity contribution in [1.82, 2.24) is 9.55 Å². The third kappa shape index (κ3) is 3.12. The van der Waals surface area contributed by atoms with Crippen LogP contribution in [0.25, 0.3) is 0 Å². The Kier molecular flexibility index (Phi) is 4.30.